The Morgan fingerprint density at radius 1 is 1.06 bits per heavy atom. The summed E-state index contributed by atoms with van der Waals surface area (Å²) in [5.74, 6) is -0.908. The van der Waals surface area contributed by atoms with Crippen LogP contribution in [0.4, 0.5) is 0 Å². The maximum Gasteiger partial charge on any atom is 0.207 e. The van der Waals surface area contributed by atoms with Crippen LogP contribution in [0.15, 0.2) is 0 Å². The SMILES string of the molecule is COc1c(O)c(C)c(C(C)=O)c(O)c1OC. The van der Waals surface area contributed by atoms with Gasteiger partial charge in [0.15, 0.2) is 17.3 Å². The molecular formula is C11H14O5. The quantitative estimate of drug-likeness (QED) is 0.605. The highest BCUT2D eigenvalue weighted by Crippen LogP contribution is 2.48. The zero-order valence-electron chi connectivity index (χ0n) is 9.62. The van der Waals surface area contributed by atoms with E-state index in [0.717, 1.165) is 0 Å². The van der Waals surface area contributed by atoms with Crippen molar-refractivity contribution < 1.29 is 24.5 Å². The Labute approximate surface area is 93.2 Å². The van der Waals surface area contributed by atoms with Gasteiger partial charge in [-0.3, -0.25) is 4.79 Å². The summed E-state index contributed by atoms with van der Waals surface area (Å²) in [6.45, 7) is 2.82. The molecule has 88 valence electrons. The predicted octanol–water partition coefficient (Wildman–Crippen LogP) is 1.63. The summed E-state index contributed by atoms with van der Waals surface area (Å²) in [5, 5.41) is 19.6. The average molecular weight is 226 g/mol. The lowest BCUT2D eigenvalue weighted by Gasteiger charge is -2.16. The molecule has 0 aliphatic rings. The molecule has 1 aromatic carbocycles. The molecule has 0 saturated heterocycles. The Bertz CT molecular complexity index is 437. The summed E-state index contributed by atoms with van der Waals surface area (Å²) in [6, 6.07) is 0. The van der Waals surface area contributed by atoms with Crippen LogP contribution in [0, 0.1) is 6.92 Å². The maximum atomic E-state index is 11.3. The van der Waals surface area contributed by atoms with E-state index in [4.69, 9.17) is 9.47 Å². The molecular weight excluding hydrogens is 212 g/mol. The number of hydrogen-bond acceptors (Lipinski definition) is 5. The molecule has 0 amide bonds. The Kier molecular flexibility index (Phi) is 3.27. The lowest BCUT2D eigenvalue weighted by Crippen LogP contribution is -2.02. The largest absolute Gasteiger partial charge is 0.504 e. The molecule has 0 atom stereocenters. The van der Waals surface area contributed by atoms with Gasteiger partial charge in [-0.25, -0.2) is 0 Å². The van der Waals surface area contributed by atoms with E-state index < -0.39 is 0 Å². The topological polar surface area (TPSA) is 76.0 Å². The van der Waals surface area contributed by atoms with Gasteiger partial charge < -0.3 is 19.7 Å². The zero-order chi connectivity index (χ0) is 12.5. The molecule has 0 aliphatic heterocycles. The number of methoxy groups -OCH3 is 2. The van der Waals surface area contributed by atoms with Crippen LogP contribution < -0.4 is 9.47 Å². The van der Waals surface area contributed by atoms with Gasteiger partial charge >= 0.3 is 0 Å². The van der Waals surface area contributed by atoms with Crippen LogP contribution >= 0.6 is 0 Å². The minimum absolute atomic E-state index is 0.0162. The maximum absolute atomic E-state index is 11.3. The van der Waals surface area contributed by atoms with Crippen molar-refractivity contribution in [1.29, 1.82) is 0 Å². The van der Waals surface area contributed by atoms with Gasteiger partial charge in [0.2, 0.25) is 11.5 Å². The van der Waals surface area contributed by atoms with Gasteiger partial charge in [-0.1, -0.05) is 0 Å². The number of carbonyl (C=O) groups excluding carboxylic acids is 1. The third-order valence-electron chi connectivity index (χ3n) is 2.36. The van der Waals surface area contributed by atoms with Gasteiger partial charge in [-0.2, -0.15) is 0 Å². The van der Waals surface area contributed by atoms with Crippen LogP contribution in [0.2, 0.25) is 0 Å². The molecule has 5 nitrogen and oxygen atoms in total. The van der Waals surface area contributed by atoms with Crippen molar-refractivity contribution in [2.75, 3.05) is 14.2 Å². The number of ketones is 1. The Morgan fingerprint density at radius 2 is 1.50 bits per heavy atom. The van der Waals surface area contributed by atoms with Gasteiger partial charge in [0, 0.05) is 5.56 Å². The first-order valence-corrected chi connectivity index (χ1v) is 4.63. The number of ether oxygens (including phenoxy) is 2. The molecule has 16 heavy (non-hydrogen) atoms. The summed E-state index contributed by atoms with van der Waals surface area (Å²) in [7, 11) is 2.65. The average Bonchev–Trinajstić information content (AvgIpc) is 2.22. The molecule has 0 saturated carbocycles. The van der Waals surface area contributed by atoms with E-state index in [2.05, 4.69) is 0 Å². The summed E-state index contributed by atoms with van der Waals surface area (Å²) >= 11 is 0. The molecule has 1 aromatic rings. The normalized spacial score (nSPS) is 10.0. The third kappa shape index (κ3) is 1.64. The van der Waals surface area contributed by atoms with Crippen molar-refractivity contribution in [3.63, 3.8) is 0 Å². The van der Waals surface area contributed by atoms with Crippen LogP contribution in [-0.4, -0.2) is 30.2 Å². The van der Waals surface area contributed by atoms with E-state index in [1.54, 1.807) is 0 Å². The van der Waals surface area contributed by atoms with Crippen LogP contribution in [0.5, 0.6) is 23.0 Å². The lowest BCUT2D eigenvalue weighted by molar-refractivity contribution is 0.101. The molecule has 0 aliphatic carbocycles. The second kappa shape index (κ2) is 4.30. The van der Waals surface area contributed by atoms with Crippen molar-refractivity contribution in [1.82, 2.24) is 0 Å². The molecule has 0 radical (unpaired) electrons. The number of Topliss-reactive ketones (excluding diaryl/α,β-unsaturated/α-hetero) is 1. The highest BCUT2D eigenvalue weighted by atomic mass is 16.5. The zero-order valence-corrected chi connectivity index (χ0v) is 9.62. The van der Waals surface area contributed by atoms with Crippen LogP contribution in [-0.2, 0) is 0 Å². The summed E-state index contributed by atoms with van der Waals surface area (Å²) in [5.41, 5.74) is 0.304. The first-order chi connectivity index (χ1) is 7.45. The number of carbonyl (C=O) groups is 1. The monoisotopic (exact) mass is 226 g/mol. The van der Waals surface area contributed by atoms with Crippen LogP contribution in [0.25, 0.3) is 0 Å². The second-order valence-electron chi connectivity index (χ2n) is 3.32. The van der Waals surface area contributed by atoms with Crippen LogP contribution in [0.1, 0.15) is 22.8 Å². The number of phenolic OH excluding ortho intramolecular Hbond substituents is 2. The van der Waals surface area contributed by atoms with E-state index in [0.29, 0.717) is 0 Å². The fraction of sp³-hybridized carbons (Fsp3) is 0.364. The first kappa shape index (κ1) is 12.2. The minimum Gasteiger partial charge on any atom is -0.504 e. The molecule has 0 spiro atoms. The van der Waals surface area contributed by atoms with Gasteiger partial charge in [0.1, 0.15) is 0 Å². The van der Waals surface area contributed by atoms with Crippen molar-refractivity contribution >= 4 is 5.78 Å². The predicted molar refractivity (Wildman–Crippen MR) is 57.6 cm³/mol. The highest BCUT2D eigenvalue weighted by Gasteiger charge is 2.25. The Morgan fingerprint density at radius 3 is 1.88 bits per heavy atom. The van der Waals surface area contributed by atoms with E-state index in [9.17, 15) is 15.0 Å². The molecule has 2 N–H and O–H groups in total. The Balaban J connectivity index is 3.69. The number of benzene rings is 1. The standard InChI is InChI=1S/C11H14O5/c1-5-7(6(2)12)9(14)11(16-4)10(15-3)8(5)13/h13-14H,1-4H3. The highest BCUT2D eigenvalue weighted by molar-refractivity contribution is 6.00. The van der Waals surface area contributed by atoms with E-state index >= 15 is 0 Å². The van der Waals surface area contributed by atoms with Gasteiger partial charge in [-0.05, 0) is 13.8 Å². The fourth-order valence-electron chi connectivity index (χ4n) is 1.60. The van der Waals surface area contributed by atoms with Gasteiger partial charge in [-0.15, -0.1) is 0 Å². The third-order valence-corrected chi connectivity index (χ3v) is 2.36. The number of phenols is 2. The number of hydrogen-bond donors (Lipinski definition) is 2. The van der Waals surface area contributed by atoms with Crippen LogP contribution in [0.3, 0.4) is 0 Å². The molecule has 0 heterocycles. The smallest absolute Gasteiger partial charge is 0.207 e. The molecule has 5 heteroatoms. The Hall–Kier alpha value is -1.91. The number of rotatable bonds is 3. The lowest BCUT2D eigenvalue weighted by atomic mass is 10.0. The summed E-state index contributed by atoms with van der Waals surface area (Å²) in [4.78, 5) is 11.3. The molecule has 0 unspecified atom stereocenters. The molecule has 0 aromatic heterocycles. The van der Waals surface area contributed by atoms with E-state index in [-0.39, 0.29) is 39.9 Å². The molecule has 1 rings (SSSR count). The fourth-order valence-corrected chi connectivity index (χ4v) is 1.60. The van der Waals surface area contributed by atoms with Crippen molar-refractivity contribution in [2.24, 2.45) is 0 Å². The van der Waals surface area contributed by atoms with E-state index in [1.165, 1.54) is 28.1 Å². The molecule has 0 bridgehead atoms. The van der Waals surface area contributed by atoms with Gasteiger partial charge in [0.05, 0.1) is 19.8 Å². The second-order valence-corrected chi connectivity index (χ2v) is 3.32. The van der Waals surface area contributed by atoms with Crippen molar-refractivity contribution in [2.45, 2.75) is 13.8 Å². The van der Waals surface area contributed by atoms with E-state index in [1.807, 2.05) is 0 Å². The molecule has 0 fully saturated rings. The minimum atomic E-state index is -0.355. The summed E-state index contributed by atoms with van der Waals surface area (Å²) < 4.78 is 9.82. The number of aromatic hydroxyl groups is 2. The van der Waals surface area contributed by atoms with Crippen molar-refractivity contribution in [3.05, 3.63) is 11.1 Å². The van der Waals surface area contributed by atoms with Gasteiger partial charge in [0.25, 0.3) is 0 Å². The summed E-state index contributed by atoms with van der Waals surface area (Å²) in [6.07, 6.45) is 0. The van der Waals surface area contributed by atoms with Crippen molar-refractivity contribution in [3.8, 4) is 23.0 Å². The first-order valence-electron chi connectivity index (χ1n) is 4.63.